The highest BCUT2D eigenvalue weighted by molar-refractivity contribution is 5.78. The standard InChI is InChI=1S/C17H23NO3/c1-17(2,14-6-4-3-5-7-14)12-15(19)18-10-8-13(9-11-18)16(20)21/h3-7,13H,8-12H2,1-2H3,(H,20,21). The molecular formula is C17H23NO3. The molecule has 4 heteroatoms. The maximum Gasteiger partial charge on any atom is 0.306 e. The van der Waals surface area contributed by atoms with Gasteiger partial charge in [-0.25, -0.2) is 0 Å². The van der Waals surface area contributed by atoms with Crippen LogP contribution >= 0.6 is 0 Å². The van der Waals surface area contributed by atoms with Gasteiger partial charge in [0, 0.05) is 19.5 Å². The second-order valence-electron chi connectivity index (χ2n) is 6.42. The van der Waals surface area contributed by atoms with Crippen LogP contribution in [0.2, 0.25) is 0 Å². The molecule has 1 fully saturated rings. The largest absolute Gasteiger partial charge is 0.481 e. The molecule has 0 aromatic heterocycles. The Labute approximate surface area is 125 Å². The maximum absolute atomic E-state index is 12.4. The van der Waals surface area contributed by atoms with Crippen molar-refractivity contribution < 1.29 is 14.7 Å². The number of hydrogen-bond donors (Lipinski definition) is 1. The molecule has 1 amide bonds. The average molecular weight is 289 g/mol. The van der Waals surface area contributed by atoms with Gasteiger partial charge in [-0.2, -0.15) is 0 Å². The Morgan fingerprint density at radius 3 is 2.29 bits per heavy atom. The number of amides is 1. The summed E-state index contributed by atoms with van der Waals surface area (Å²) in [4.78, 5) is 25.2. The van der Waals surface area contributed by atoms with Crippen LogP contribution in [0.4, 0.5) is 0 Å². The van der Waals surface area contributed by atoms with Crippen LogP contribution in [0.3, 0.4) is 0 Å². The summed E-state index contributed by atoms with van der Waals surface area (Å²) < 4.78 is 0. The zero-order valence-corrected chi connectivity index (χ0v) is 12.7. The highest BCUT2D eigenvalue weighted by Crippen LogP contribution is 2.28. The van der Waals surface area contributed by atoms with E-state index in [1.54, 1.807) is 0 Å². The molecule has 1 aliphatic rings. The quantitative estimate of drug-likeness (QED) is 0.927. The van der Waals surface area contributed by atoms with Gasteiger partial charge in [0.25, 0.3) is 0 Å². The Kier molecular flexibility index (Phi) is 4.66. The van der Waals surface area contributed by atoms with Crippen LogP contribution in [-0.2, 0) is 15.0 Å². The lowest BCUT2D eigenvalue weighted by molar-refractivity contribution is -0.146. The molecule has 0 unspecified atom stereocenters. The average Bonchev–Trinajstić information content (AvgIpc) is 2.48. The predicted octanol–water partition coefficient (Wildman–Crippen LogP) is 2.68. The fourth-order valence-electron chi connectivity index (χ4n) is 2.86. The van der Waals surface area contributed by atoms with Gasteiger partial charge in [0.15, 0.2) is 0 Å². The predicted molar refractivity (Wildman–Crippen MR) is 81.0 cm³/mol. The van der Waals surface area contributed by atoms with Gasteiger partial charge < -0.3 is 10.0 Å². The third-order valence-electron chi connectivity index (χ3n) is 4.35. The number of carboxylic acid groups (broad SMARTS) is 1. The summed E-state index contributed by atoms with van der Waals surface area (Å²) in [6.45, 7) is 5.26. The number of piperidine rings is 1. The van der Waals surface area contributed by atoms with Crippen molar-refractivity contribution in [3.63, 3.8) is 0 Å². The van der Waals surface area contributed by atoms with E-state index in [9.17, 15) is 9.59 Å². The van der Waals surface area contributed by atoms with E-state index in [0.29, 0.717) is 32.4 Å². The Bertz CT molecular complexity index is 502. The molecule has 21 heavy (non-hydrogen) atoms. The molecule has 0 spiro atoms. The molecule has 0 atom stereocenters. The van der Waals surface area contributed by atoms with Gasteiger partial charge in [-0.3, -0.25) is 9.59 Å². The third-order valence-corrected chi connectivity index (χ3v) is 4.35. The van der Waals surface area contributed by atoms with E-state index in [1.807, 2.05) is 35.2 Å². The van der Waals surface area contributed by atoms with Crippen molar-refractivity contribution in [2.45, 2.75) is 38.5 Å². The van der Waals surface area contributed by atoms with Gasteiger partial charge in [0.05, 0.1) is 5.92 Å². The zero-order chi connectivity index (χ0) is 15.5. The normalized spacial score (nSPS) is 16.8. The first-order valence-corrected chi connectivity index (χ1v) is 7.46. The molecule has 1 saturated heterocycles. The molecule has 1 aromatic carbocycles. The number of rotatable bonds is 4. The third kappa shape index (κ3) is 3.84. The summed E-state index contributed by atoms with van der Waals surface area (Å²) in [5.41, 5.74) is 0.945. The maximum atomic E-state index is 12.4. The van der Waals surface area contributed by atoms with Gasteiger partial charge in [-0.05, 0) is 23.8 Å². The lowest BCUT2D eigenvalue weighted by Crippen LogP contribution is -2.42. The van der Waals surface area contributed by atoms with E-state index < -0.39 is 5.97 Å². The van der Waals surface area contributed by atoms with Crippen LogP contribution in [-0.4, -0.2) is 35.0 Å². The molecular weight excluding hydrogens is 266 g/mol. The Balaban J connectivity index is 1.94. The van der Waals surface area contributed by atoms with Crippen LogP contribution in [0.25, 0.3) is 0 Å². The van der Waals surface area contributed by atoms with Crippen LogP contribution in [0.5, 0.6) is 0 Å². The Morgan fingerprint density at radius 1 is 1.19 bits per heavy atom. The minimum atomic E-state index is -0.744. The van der Waals surface area contributed by atoms with Gasteiger partial charge >= 0.3 is 5.97 Å². The van der Waals surface area contributed by atoms with Crippen LogP contribution in [0, 0.1) is 5.92 Å². The minimum absolute atomic E-state index is 0.118. The highest BCUT2D eigenvalue weighted by Gasteiger charge is 2.30. The van der Waals surface area contributed by atoms with E-state index in [4.69, 9.17) is 5.11 Å². The van der Waals surface area contributed by atoms with Gasteiger partial charge in [0.2, 0.25) is 5.91 Å². The smallest absolute Gasteiger partial charge is 0.306 e. The molecule has 4 nitrogen and oxygen atoms in total. The van der Waals surface area contributed by atoms with E-state index in [0.717, 1.165) is 5.56 Å². The first-order valence-electron chi connectivity index (χ1n) is 7.46. The fraction of sp³-hybridized carbons (Fsp3) is 0.529. The molecule has 1 aromatic rings. The van der Waals surface area contributed by atoms with E-state index >= 15 is 0 Å². The van der Waals surface area contributed by atoms with Crippen molar-refractivity contribution in [2.24, 2.45) is 5.92 Å². The molecule has 2 rings (SSSR count). The van der Waals surface area contributed by atoms with Crippen molar-refractivity contribution >= 4 is 11.9 Å². The van der Waals surface area contributed by atoms with Crippen molar-refractivity contribution in [3.8, 4) is 0 Å². The summed E-state index contributed by atoms with van der Waals surface area (Å²) in [7, 11) is 0. The Morgan fingerprint density at radius 2 is 1.76 bits per heavy atom. The number of carboxylic acids is 1. The van der Waals surface area contributed by atoms with Crippen molar-refractivity contribution in [3.05, 3.63) is 35.9 Å². The number of carbonyl (C=O) groups is 2. The summed E-state index contributed by atoms with van der Waals surface area (Å²) in [5, 5.41) is 8.99. The summed E-state index contributed by atoms with van der Waals surface area (Å²) in [5.74, 6) is -0.921. The molecule has 114 valence electrons. The van der Waals surface area contributed by atoms with E-state index in [1.165, 1.54) is 0 Å². The van der Waals surface area contributed by atoms with Gasteiger partial charge in [-0.15, -0.1) is 0 Å². The summed E-state index contributed by atoms with van der Waals surface area (Å²) in [6.07, 6.45) is 1.58. The van der Waals surface area contributed by atoms with Crippen molar-refractivity contribution in [1.29, 1.82) is 0 Å². The topological polar surface area (TPSA) is 57.6 Å². The number of likely N-dealkylation sites (tertiary alicyclic amines) is 1. The molecule has 0 aliphatic carbocycles. The van der Waals surface area contributed by atoms with Crippen molar-refractivity contribution in [1.82, 2.24) is 4.90 Å². The first-order chi connectivity index (χ1) is 9.90. The number of hydrogen-bond acceptors (Lipinski definition) is 2. The second-order valence-corrected chi connectivity index (χ2v) is 6.42. The Hall–Kier alpha value is -1.84. The number of aliphatic carboxylic acids is 1. The van der Waals surface area contributed by atoms with Gasteiger partial charge in [-0.1, -0.05) is 44.2 Å². The zero-order valence-electron chi connectivity index (χ0n) is 12.7. The lowest BCUT2D eigenvalue weighted by atomic mass is 9.81. The van der Waals surface area contributed by atoms with Crippen LogP contribution < -0.4 is 0 Å². The lowest BCUT2D eigenvalue weighted by Gasteiger charge is -2.33. The second kappa shape index (κ2) is 6.29. The number of carbonyl (C=O) groups excluding carboxylic acids is 1. The monoisotopic (exact) mass is 289 g/mol. The molecule has 0 saturated carbocycles. The van der Waals surface area contributed by atoms with E-state index in [-0.39, 0.29) is 17.2 Å². The van der Waals surface area contributed by atoms with Gasteiger partial charge in [0.1, 0.15) is 0 Å². The molecule has 1 heterocycles. The van der Waals surface area contributed by atoms with E-state index in [2.05, 4.69) is 13.8 Å². The van der Waals surface area contributed by atoms with Crippen LogP contribution in [0.15, 0.2) is 30.3 Å². The molecule has 0 radical (unpaired) electrons. The first kappa shape index (κ1) is 15.5. The molecule has 1 aliphatic heterocycles. The van der Waals surface area contributed by atoms with Crippen molar-refractivity contribution in [2.75, 3.05) is 13.1 Å². The fourth-order valence-corrected chi connectivity index (χ4v) is 2.86. The number of benzene rings is 1. The molecule has 1 N–H and O–H groups in total. The minimum Gasteiger partial charge on any atom is -0.481 e. The molecule has 0 bridgehead atoms. The summed E-state index contributed by atoms with van der Waals surface area (Å²) >= 11 is 0. The summed E-state index contributed by atoms with van der Waals surface area (Å²) in [6, 6.07) is 10.0. The SMILES string of the molecule is CC(C)(CC(=O)N1CCC(C(=O)O)CC1)c1ccccc1. The van der Waals surface area contributed by atoms with Crippen LogP contribution in [0.1, 0.15) is 38.7 Å². The highest BCUT2D eigenvalue weighted by atomic mass is 16.4. The number of nitrogens with zero attached hydrogens (tertiary/aromatic N) is 1.